The molecule has 0 aliphatic heterocycles. The number of hydrogen-bond acceptors (Lipinski definition) is 5. The van der Waals surface area contributed by atoms with Crippen LogP contribution in [0.3, 0.4) is 0 Å². The van der Waals surface area contributed by atoms with Gasteiger partial charge in [-0.15, -0.1) is 0 Å². The molecule has 1 aromatic carbocycles. The number of aromatic nitrogens is 1. The predicted octanol–water partition coefficient (Wildman–Crippen LogP) is 4.10. The van der Waals surface area contributed by atoms with Gasteiger partial charge in [-0.3, -0.25) is 9.78 Å². The van der Waals surface area contributed by atoms with E-state index >= 15 is 0 Å². The Morgan fingerprint density at radius 3 is 2.57 bits per heavy atom. The van der Waals surface area contributed by atoms with Gasteiger partial charge in [-0.1, -0.05) is 19.9 Å². The van der Waals surface area contributed by atoms with Crippen molar-refractivity contribution < 1.29 is 32.2 Å². The number of hydrogen-bond donors (Lipinski definition) is 2. The summed E-state index contributed by atoms with van der Waals surface area (Å²) in [5.74, 6) is -0.205. The molecule has 0 unspecified atom stereocenters. The standard InChI is InChI=1S/C21H21F3N2O4/c1-11-15(19(25)28)16-13(30-11)6-7-14(17(16)20(2,3)10-27)29-9-12-5-4-8-26-18(12)21(22,23)24/h4-8,27H,9-10H2,1-3H3,(H2,25,28). The molecule has 0 atom stereocenters. The van der Waals surface area contributed by atoms with Crippen molar-refractivity contribution in [1.82, 2.24) is 4.98 Å². The molecule has 3 rings (SSSR count). The molecular weight excluding hydrogens is 401 g/mol. The summed E-state index contributed by atoms with van der Waals surface area (Å²) in [7, 11) is 0. The van der Waals surface area contributed by atoms with E-state index in [-0.39, 0.29) is 23.5 Å². The van der Waals surface area contributed by atoms with E-state index in [1.165, 1.54) is 18.2 Å². The van der Waals surface area contributed by atoms with Crippen LogP contribution in [-0.4, -0.2) is 22.6 Å². The van der Waals surface area contributed by atoms with Crippen molar-refractivity contribution in [2.24, 2.45) is 5.73 Å². The van der Waals surface area contributed by atoms with Crippen LogP contribution in [0.1, 0.15) is 46.8 Å². The Balaban J connectivity index is 2.15. The average molecular weight is 422 g/mol. The lowest BCUT2D eigenvalue weighted by atomic mass is 9.81. The molecule has 0 aliphatic rings. The zero-order valence-corrected chi connectivity index (χ0v) is 16.6. The largest absolute Gasteiger partial charge is 0.488 e. The number of pyridine rings is 1. The quantitative estimate of drug-likeness (QED) is 0.623. The molecule has 2 heterocycles. The Hall–Kier alpha value is -3.07. The number of carbonyl (C=O) groups excluding carboxylic acids is 1. The number of halogens is 3. The summed E-state index contributed by atoms with van der Waals surface area (Å²) in [5, 5.41) is 10.3. The second-order valence-electron chi connectivity index (χ2n) is 7.55. The van der Waals surface area contributed by atoms with Crippen molar-refractivity contribution in [1.29, 1.82) is 0 Å². The van der Waals surface area contributed by atoms with Crippen LogP contribution in [0.15, 0.2) is 34.9 Å². The van der Waals surface area contributed by atoms with Crippen molar-refractivity contribution in [3.8, 4) is 5.75 Å². The predicted molar refractivity (Wildman–Crippen MR) is 103 cm³/mol. The molecule has 0 bridgehead atoms. The van der Waals surface area contributed by atoms with Crippen LogP contribution in [0.4, 0.5) is 13.2 Å². The van der Waals surface area contributed by atoms with E-state index in [0.717, 1.165) is 6.20 Å². The van der Waals surface area contributed by atoms with Crippen molar-refractivity contribution in [2.45, 2.75) is 39.0 Å². The van der Waals surface area contributed by atoms with Gasteiger partial charge in [0.15, 0.2) is 5.69 Å². The minimum Gasteiger partial charge on any atom is -0.488 e. The number of benzene rings is 1. The van der Waals surface area contributed by atoms with E-state index in [1.54, 1.807) is 26.8 Å². The molecule has 2 aromatic heterocycles. The summed E-state index contributed by atoms with van der Waals surface area (Å²) in [5.41, 5.74) is 4.37. The fraction of sp³-hybridized carbons (Fsp3) is 0.333. The molecular formula is C21H21F3N2O4. The summed E-state index contributed by atoms with van der Waals surface area (Å²) in [6, 6.07) is 5.75. The summed E-state index contributed by atoms with van der Waals surface area (Å²) >= 11 is 0. The highest BCUT2D eigenvalue weighted by Crippen LogP contribution is 2.42. The van der Waals surface area contributed by atoms with Crippen molar-refractivity contribution in [2.75, 3.05) is 6.61 Å². The van der Waals surface area contributed by atoms with Gasteiger partial charge in [-0.25, -0.2) is 0 Å². The Kier molecular flexibility index (Phi) is 5.51. The molecule has 9 heteroatoms. The summed E-state index contributed by atoms with van der Waals surface area (Å²) < 4.78 is 51.1. The Morgan fingerprint density at radius 2 is 1.97 bits per heavy atom. The first-order chi connectivity index (χ1) is 14.0. The first-order valence-electron chi connectivity index (χ1n) is 9.08. The number of nitrogens with zero attached hydrogens (tertiary/aromatic N) is 1. The number of rotatable bonds is 6. The van der Waals surface area contributed by atoms with Gasteiger partial charge >= 0.3 is 6.18 Å². The SMILES string of the molecule is Cc1oc2ccc(OCc3cccnc3C(F)(F)F)c(C(C)(C)CO)c2c1C(N)=O. The van der Waals surface area contributed by atoms with E-state index in [4.69, 9.17) is 14.9 Å². The number of primary amides is 1. The van der Waals surface area contributed by atoms with Gasteiger partial charge < -0.3 is 20.0 Å². The molecule has 3 N–H and O–H groups in total. The molecule has 1 amide bonds. The second-order valence-corrected chi connectivity index (χ2v) is 7.55. The monoisotopic (exact) mass is 422 g/mol. The number of aliphatic hydroxyl groups is 1. The van der Waals surface area contributed by atoms with Crippen molar-refractivity contribution in [3.63, 3.8) is 0 Å². The maximum absolute atomic E-state index is 13.2. The molecule has 160 valence electrons. The van der Waals surface area contributed by atoms with Gasteiger partial charge in [0.2, 0.25) is 0 Å². The zero-order valence-electron chi connectivity index (χ0n) is 16.6. The number of alkyl halides is 3. The van der Waals surface area contributed by atoms with E-state index in [1.807, 2.05) is 0 Å². The third-order valence-electron chi connectivity index (χ3n) is 4.86. The van der Waals surface area contributed by atoms with Crippen LogP contribution in [0, 0.1) is 6.92 Å². The zero-order chi connectivity index (χ0) is 22.3. The molecule has 3 aromatic rings. The van der Waals surface area contributed by atoms with E-state index in [9.17, 15) is 23.1 Å². The van der Waals surface area contributed by atoms with Gasteiger partial charge in [0, 0.05) is 28.1 Å². The Morgan fingerprint density at radius 1 is 1.27 bits per heavy atom. The lowest BCUT2D eigenvalue weighted by Gasteiger charge is -2.26. The maximum atomic E-state index is 13.2. The third kappa shape index (κ3) is 3.85. The Labute approximate surface area is 170 Å². The minimum absolute atomic E-state index is 0.142. The van der Waals surface area contributed by atoms with Gasteiger partial charge in [0.1, 0.15) is 23.7 Å². The van der Waals surface area contributed by atoms with Crippen molar-refractivity contribution in [3.05, 3.63) is 58.6 Å². The maximum Gasteiger partial charge on any atom is 0.433 e. The summed E-state index contributed by atoms with van der Waals surface area (Å²) in [4.78, 5) is 15.5. The topological polar surface area (TPSA) is 98.6 Å². The number of nitrogens with two attached hydrogens (primary N) is 1. The molecule has 30 heavy (non-hydrogen) atoms. The van der Waals surface area contributed by atoms with Crippen LogP contribution in [0.25, 0.3) is 11.0 Å². The van der Waals surface area contributed by atoms with Crippen molar-refractivity contribution >= 4 is 16.9 Å². The number of aliphatic hydroxyl groups excluding tert-OH is 1. The number of ether oxygens (including phenoxy) is 1. The highest BCUT2D eigenvalue weighted by atomic mass is 19.4. The molecule has 0 aliphatic carbocycles. The molecule has 0 radical (unpaired) electrons. The van der Waals surface area contributed by atoms with Crippen LogP contribution < -0.4 is 10.5 Å². The van der Waals surface area contributed by atoms with Gasteiger partial charge in [-0.2, -0.15) is 13.2 Å². The normalized spacial score (nSPS) is 12.4. The molecule has 6 nitrogen and oxygen atoms in total. The second kappa shape index (κ2) is 7.64. The highest BCUT2D eigenvalue weighted by Gasteiger charge is 2.36. The number of amides is 1. The fourth-order valence-corrected chi connectivity index (χ4v) is 3.42. The Bertz CT molecular complexity index is 1100. The van der Waals surface area contributed by atoms with Crippen LogP contribution in [0.5, 0.6) is 5.75 Å². The minimum atomic E-state index is -4.63. The number of carbonyl (C=O) groups is 1. The number of fused-ring (bicyclic) bond motifs is 1. The van der Waals surface area contributed by atoms with Crippen LogP contribution >= 0.6 is 0 Å². The number of aryl methyl sites for hydroxylation is 1. The first kappa shape index (κ1) is 21.6. The van der Waals surface area contributed by atoms with Crippen LogP contribution in [0.2, 0.25) is 0 Å². The molecule has 0 fully saturated rings. The molecule has 0 saturated carbocycles. The highest BCUT2D eigenvalue weighted by molar-refractivity contribution is 6.08. The summed E-state index contributed by atoms with van der Waals surface area (Å²) in [6.45, 7) is 4.29. The van der Waals surface area contributed by atoms with Gasteiger partial charge in [0.25, 0.3) is 5.91 Å². The van der Waals surface area contributed by atoms with Gasteiger partial charge in [-0.05, 0) is 25.1 Å². The van der Waals surface area contributed by atoms with E-state index in [2.05, 4.69) is 4.98 Å². The lowest BCUT2D eigenvalue weighted by Crippen LogP contribution is -2.24. The molecule has 0 spiro atoms. The lowest BCUT2D eigenvalue weighted by molar-refractivity contribution is -0.142. The van der Waals surface area contributed by atoms with E-state index < -0.39 is 29.8 Å². The average Bonchev–Trinajstić information content (AvgIpc) is 3.01. The fourth-order valence-electron chi connectivity index (χ4n) is 3.42. The summed E-state index contributed by atoms with van der Waals surface area (Å²) in [6.07, 6.45) is -3.57. The third-order valence-corrected chi connectivity index (χ3v) is 4.86. The first-order valence-corrected chi connectivity index (χ1v) is 9.08. The van der Waals surface area contributed by atoms with Crippen LogP contribution in [-0.2, 0) is 18.2 Å². The molecule has 0 saturated heterocycles. The van der Waals surface area contributed by atoms with Gasteiger partial charge in [0.05, 0.1) is 12.2 Å². The number of furan rings is 1. The smallest absolute Gasteiger partial charge is 0.433 e. The van der Waals surface area contributed by atoms with E-state index in [0.29, 0.717) is 22.3 Å².